The van der Waals surface area contributed by atoms with Gasteiger partial charge in [-0.25, -0.2) is 0 Å². The van der Waals surface area contributed by atoms with E-state index >= 15 is 0 Å². The number of hydrogen-bond donors (Lipinski definition) is 3. The second-order valence-electron chi connectivity index (χ2n) is 6.83. The Morgan fingerprint density at radius 1 is 1.12 bits per heavy atom. The zero-order valence-corrected chi connectivity index (χ0v) is 13.8. The van der Waals surface area contributed by atoms with E-state index in [2.05, 4.69) is 10.2 Å². The van der Waals surface area contributed by atoms with Crippen LogP contribution in [0.15, 0.2) is 24.3 Å². The van der Waals surface area contributed by atoms with Crippen LogP contribution in [-0.4, -0.2) is 42.2 Å². The third kappa shape index (κ3) is 3.70. The quantitative estimate of drug-likeness (QED) is 0.768. The van der Waals surface area contributed by atoms with Crippen LogP contribution in [-0.2, 0) is 4.79 Å². The molecule has 1 unspecified atom stereocenters. The van der Waals surface area contributed by atoms with Crippen molar-refractivity contribution in [3.8, 4) is 0 Å². The van der Waals surface area contributed by atoms with Crippen molar-refractivity contribution in [2.75, 3.05) is 18.0 Å². The number of rotatable bonds is 4. The van der Waals surface area contributed by atoms with E-state index in [0.717, 1.165) is 31.5 Å². The predicted octanol–water partition coefficient (Wildman–Crippen LogP) is 1.03. The number of aliphatic hydroxyl groups excluding tert-OH is 1. The predicted molar refractivity (Wildman–Crippen MR) is 91.7 cm³/mol. The van der Waals surface area contributed by atoms with Gasteiger partial charge in [-0.2, -0.15) is 0 Å². The number of nitrogens with one attached hydrogen (secondary N) is 1. The SMILES string of the molecule is NC(=O)c1ccccc1N1CCC(NC(=O)C2CCC(O)CC2)C1. The summed E-state index contributed by atoms with van der Waals surface area (Å²) in [6, 6.07) is 7.41. The number of carbonyl (C=O) groups is 2. The number of nitrogens with two attached hydrogens (primary N) is 1. The summed E-state index contributed by atoms with van der Waals surface area (Å²) in [4.78, 5) is 26.1. The maximum atomic E-state index is 12.4. The van der Waals surface area contributed by atoms with E-state index in [0.29, 0.717) is 24.9 Å². The molecule has 2 aliphatic rings. The van der Waals surface area contributed by atoms with Crippen LogP contribution in [0.1, 0.15) is 42.5 Å². The number of para-hydroxylation sites is 1. The molecule has 1 heterocycles. The fourth-order valence-corrected chi connectivity index (χ4v) is 3.71. The minimum absolute atomic E-state index is 0.0142. The van der Waals surface area contributed by atoms with Crippen molar-refractivity contribution in [2.45, 2.75) is 44.2 Å². The van der Waals surface area contributed by atoms with Gasteiger partial charge in [-0.15, -0.1) is 0 Å². The molecular formula is C18H25N3O3. The average molecular weight is 331 g/mol. The van der Waals surface area contributed by atoms with Crippen molar-refractivity contribution in [1.29, 1.82) is 0 Å². The maximum Gasteiger partial charge on any atom is 0.250 e. The molecule has 1 aromatic carbocycles. The molecule has 130 valence electrons. The molecule has 3 rings (SSSR count). The van der Waals surface area contributed by atoms with E-state index in [1.165, 1.54) is 0 Å². The van der Waals surface area contributed by atoms with Gasteiger partial charge in [-0.3, -0.25) is 9.59 Å². The second kappa shape index (κ2) is 7.21. The monoisotopic (exact) mass is 331 g/mol. The molecule has 1 atom stereocenters. The summed E-state index contributed by atoms with van der Waals surface area (Å²) in [5.74, 6) is -0.323. The van der Waals surface area contributed by atoms with Crippen LogP contribution < -0.4 is 16.0 Å². The van der Waals surface area contributed by atoms with E-state index in [1.54, 1.807) is 12.1 Å². The zero-order valence-electron chi connectivity index (χ0n) is 13.8. The van der Waals surface area contributed by atoms with Gasteiger partial charge in [-0.05, 0) is 44.2 Å². The van der Waals surface area contributed by atoms with Crippen molar-refractivity contribution in [3.05, 3.63) is 29.8 Å². The average Bonchev–Trinajstić information content (AvgIpc) is 3.03. The lowest BCUT2D eigenvalue weighted by Gasteiger charge is -2.26. The Labute approximate surface area is 142 Å². The summed E-state index contributed by atoms with van der Waals surface area (Å²) < 4.78 is 0. The minimum atomic E-state index is -0.432. The lowest BCUT2D eigenvalue weighted by atomic mass is 9.87. The number of primary amides is 1. The van der Waals surface area contributed by atoms with E-state index in [-0.39, 0.29) is 24.0 Å². The summed E-state index contributed by atoms with van der Waals surface area (Å²) in [5.41, 5.74) is 6.81. The van der Waals surface area contributed by atoms with Gasteiger partial charge >= 0.3 is 0 Å². The van der Waals surface area contributed by atoms with E-state index < -0.39 is 5.91 Å². The number of aliphatic hydroxyl groups is 1. The molecule has 1 aliphatic carbocycles. The van der Waals surface area contributed by atoms with Crippen LogP contribution in [0.5, 0.6) is 0 Å². The zero-order chi connectivity index (χ0) is 17.1. The number of amides is 2. The number of hydrogen-bond acceptors (Lipinski definition) is 4. The third-order valence-corrected chi connectivity index (χ3v) is 5.11. The molecule has 1 aliphatic heterocycles. The highest BCUT2D eigenvalue weighted by Crippen LogP contribution is 2.27. The smallest absolute Gasteiger partial charge is 0.250 e. The van der Waals surface area contributed by atoms with Crippen LogP contribution in [0.25, 0.3) is 0 Å². The van der Waals surface area contributed by atoms with Gasteiger partial charge in [0.25, 0.3) is 5.91 Å². The highest BCUT2D eigenvalue weighted by atomic mass is 16.3. The van der Waals surface area contributed by atoms with Gasteiger partial charge < -0.3 is 21.1 Å². The van der Waals surface area contributed by atoms with Crippen molar-refractivity contribution in [3.63, 3.8) is 0 Å². The van der Waals surface area contributed by atoms with Gasteiger partial charge in [0.05, 0.1) is 11.7 Å². The summed E-state index contributed by atoms with van der Waals surface area (Å²) >= 11 is 0. The molecule has 4 N–H and O–H groups in total. The van der Waals surface area contributed by atoms with Gasteiger partial charge in [-0.1, -0.05) is 12.1 Å². The molecule has 1 aromatic rings. The first-order valence-electron chi connectivity index (χ1n) is 8.67. The molecule has 6 nitrogen and oxygen atoms in total. The molecule has 2 amide bonds. The van der Waals surface area contributed by atoms with Gasteiger partial charge in [0.1, 0.15) is 0 Å². The lowest BCUT2D eigenvalue weighted by Crippen LogP contribution is -2.42. The minimum Gasteiger partial charge on any atom is -0.393 e. The molecule has 2 fully saturated rings. The Morgan fingerprint density at radius 3 is 2.54 bits per heavy atom. The summed E-state index contributed by atoms with van der Waals surface area (Å²) in [6.07, 6.45) is 3.54. The third-order valence-electron chi connectivity index (χ3n) is 5.11. The molecule has 6 heteroatoms. The lowest BCUT2D eigenvalue weighted by molar-refractivity contribution is -0.127. The highest BCUT2D eigenvalue weighted by Gasteiger charge is 2.30. The molecule has 0 spiro atoms. The Balaban J connectivity index is 1.58. The number of carbonyl (C=O) groups excluding carboxylic acids is 2. The van der Waals surface area contributed by atoms with Crippen LogP contribution in [0.4, 0.5) is 5.69 Å². The molecule has 0 radical (unpaired) electrons. The summed E-state index contributed by atoms with van der Waals surface area (Å²) in [5, 5.41) is 12.7. The van der Waals surface area contributed by atoms with Crippen LogP contribution in [0.2, 0.25) is 0 Å². The number of nitrogens with zero attached hydrogens (tertiary/aromatic N) is 1. The first-order valence-corrected chi connectivity index (χ1v) is 8.67. The van der Waals surface area contributed by atoms with Crippen molar-refractivity contribution >= 4 is 17.5 Å². The Kier molecular flexibility index (Phi) is 5.04. The molecule has 1 saturated heterocycles. The molecule has 24 heavy (non-hydrogen) atoms. The largest absolute Gasteiger partial charge is 0.393 e. The normalized spacial score (nSPS) is 27.0. The van der Waals surface area contributed by atoms with E-state index in [4.69, 9.17) is 5.73 Å². The standard InChI is InChI=1S/C18H25N3O3/c19-17(23)15-3-1-2-4-16(15)21-10-9-13(11-21)20-18(24)12-5-7-14(22)8-6-12/h1-4,12-14,22H,5-11H2,(H2,19,23)(H,20,24). The van der Waals surface area contributed by atoms with Crippen LogP contribution >= 0.6 is 0 Å². The van der Waals surface area contributed by atoms with Crippen molar-refractivity contribution in [1.82, 2.24) is 5.32 Å². The Morgan fingerprint density at radius 2 is 1.83 bits per heavy atom. The van der Waals surface area contributed by atoms with Gasteiger partial charge in [0.15, 0.2) is 0 Å². The van der Waals surface area contributed by atoms with E-state index in [1.807, 2.05) is 12.1 Å². The molecule has 0 bridgehead atoms. The Bertz CT molecular complexity index is 611. The van der Waals surface area contributed by atoms with Gasteiger partial charge in [0, 0.05) is 30.7 Å². The maximum absolute atomic E-state index is 12.4. The first kappa shape index (κ1) is 16.8. The molecular weight excluding hydrogens is 306 g/mol. The second-order valence-corrected chi connectivity index (χ2v) is 6.83. The number of benzene rings is 1. The molecule has 1 saturated carbocycles. The summed E-state index contributed by atoms with van der Waals surface area (Å²) in [6.45, 7) is 1.48. The van der Waals surface area contributed by atoms with Crippen molar-refractivity contribution in [2.24, 2.45) is 11.7 Å². The first-order chi connectivity index (χ1) is 11.5. The fraction of sp³-hybridized carbons (Fsp3) is 0.556. The van der Waals surface area contributed by atoms with Crippen LogP contribution in [0, 0.1) is 5.92 Å². The summed E-state index contributed by atoms with van der Waals surface area (Å²) in [7, 11) is 0. The topological polar surface area (TPSA) is 95.7 Å². The van der Waals surface area contributed by atoms with Gasteiger partial charge in [0.2, 0.25) is 5.91 Å². The Hall–Kier alpha value is -2.08. The van der Waals surface area contributed by atoms with Crippen LogP contribution in [0.3, 0.4) is 0 Å². The fourth-order valence-electron chi connectivity index (χ4n) is 3.71. The molecule has 0 aromatic heterocycles. The number of anilines is 1. The highest BCUT2D eigenvalue weighted by molar-refractivity contribution is 5.98. The van der Waals surface area contributed by atoms with E-state index in [9.17, 15) is 14.7 Å². The van der Waals surface area contributed by atoms with Crippen molar-refractivity contribution < 1.29 is 14.7 Å².